The lowest BCUT2D eigenvalue weighted by molar-refractivity contribution is 0.0181. The third kappa shape index (κ3) is 5.43. The molecule has 1 aromatic heterocycles. The van der Waals surface area contributed by atoms with Crippen molar-refractivity contribution in [2.75, 3.05) is 19.7 Å². The van der Waals surface area contributed by atoms with Crippen LogP contribution in [-0.4, -0.2) is 41.4 Å². The molecule has 1 amide bonds. The van der Waals surface area contributed by atoms with E-state index >= 15 is 0 Å². The molecule has 0 atom stereocenters. The zero-order valence-corrected chi connectivity index (χ0v) is 18.4. The molecule has 0 N–H and O–H groups in total. The van der Waals surface area contributed by atoms with E-state index in [0.29, 0.717) is 12.5 Å². The molecule has 0 radical (unpaired) electrons. The summed E-state index contributed by atoms with van der Waals surface area (Å²) in [5.74, 6) is 1.46. The van der Waals surface area contributed by atoms with Crippen LogP contribution in [0.15, 0.2) is 16.7 Å². The molecule has 1 aliphatic heterocycles. The summed E-state index contributed by atoms with van der Waals surface area (Å²) in [6.45, 7) is 12.1. The molecule has 1 saturated heterocycles. The molecule has 3 rings (SSSR count). The number of rotatable bonds is 6. The maximum absolute atomic E-state index is 12.2. The van der Waals surface area contributed by atoms with Crippen LogP contribution in [0.25, 0.3) is 11.0 Å². The van der Waals surface area contributed by atoms with Gasteiger partial charge in [-0.15, -0.1) is 0 Å². The van der Waals surface area contributed by atoms with E-state index in [2.05, 4.69) is 18.1 Å². The van der Waals surface area contributed by atoms with E-state index in [1.807, 2.05) is 38.7 Å². The largest absolute Gasteiger partial charge is 0.493 e. The van der Waals surface area contributed by atoms with Gasteiger partial charge in [0.25, 0.3) is 0 Å². The zero-order chi connectivity index (χ0) is 21.0. The molecule has 160 valence electrons. The lowest BCUT2D eigenvalue weighted by atomic mass is 9.91. The highest BCUT2D eigenvalue weighted by atomic mass is 16.6. The van der Waals surface area contributed by atoms with E-state index in [9.17, 15) is 4.79 Å². The maximum Gasteiger partial charge on any atom is 0.410 e. The minimum atomic E-state index is -0.443. The van der Waals surface area contributed by atoms with E-state index in [-0.39, 0.29) is 6.09 Å². The Balaban J connectivity index is 1.54. The second-order valence-corrected chi connectivity index (χ2v) is 8.99. The number of benzene rings is 1. The number of hydrogen-bond donors (Lipinski definition) is 0. The standard InChI is InChI=1S/C23H34N2O4/c1-6-15-27-20-10-8-18-19(24-29-21(18)16(20)2)9-7-17-11-13-25(14-12-17)22(26)28-23(3,4)5/h8,10,17H,6-7,9,11-15H2,1-5H3. The molecule has 0 unspecified atom stereocenters. The van der Waals surface area contributed by atoms with Crippen LogP contribution in [0.4, 0.5) is 4.79 Å². The van der Waals surface area contributed by atoms with Crippen molar-refractivity contribution in [3.8, 4) is 5.75 Å². The van der Waals surface area contributed by atoms with Gasteiger partial charge in [-0.2, -0.15) is 0 Å². The highest BCUT2D eigenvalue weighted by molar-refractivity contribution is 5.84. The molecule has 0 bridgehead atoms. The number of carbonyl (C=O) groups excluding carboxylic acids is 1. The van der Waals surface area contributed by atoms with Crippen molar-refractivity contribution in [2.45, 2.75) is 72.3 Å². The smallest absolute Gasteiger partial charge is 0.410 e. The van der Waals surface area contributed by atoms with Crippen molar-refractivity contribution in [1.82, 2.24) is 10.1 Å². The van der Waals surface area contributed by atoms with E-state index < -0.39 is 5.60 Å². The van der Waals surface area contributed by atoms with E-state index in [1.54, 1.807) is 0 Å². The molecule has 0 spiro atoms. The summed E-state index contributed by atoms with van der Waals surface area (Å²) in [5, 5.41) is 5.41. The monoisotopic (exact) mass is 402 g/mol. The summed E-state index contributed by atoms with van der Waals surface area (Å²) in [5.41, 5.74) is 2.41. The van der Waals surface area contributed by atoms with Crippen molar-refractivity contribution >= 4 is 17.1 Å². The van der Waals surface area contributed by atoms with E-state index in [0.717, 1.165) is 73.2 Å². The Kier molecular flexibility index (Phi) is 6.70. The SMILES string of the molecule is CCCOc1ccc2c(CCC3CCN(C(=O)OC(C)(C)C)CC3)noc2c1C. The van der Waals surface area contributed by atoms with Gasteiger partial charge in [-0.1, -0.05) is 12.1 Å². The Bertz CT molecular complexity index is 829. The molecule has 1 aromatic carbocycles. The quantitative estimate of drug-likeness (QED) is 0.638. The Hall–Kier alpha value is -2.24. The summed E-state index contributed by atoms with van der Waals surface area (Å²) in [7, 11) is 0. The zero-order valence-electron chi connectivity index (χ0n) is 18.4. The van der Waals surface area contributed by atoms with Gasteiger partial charge in [-0.3, -0.25) is 0 Å². The Morgan fingerprint density at radius 1 is 1.28 bits per heavy atom. The molecule has 2 heterocycles. The highest BCUT2D eigenvalue weighted by Gasteiger charge is 2.27. The summed E-state index contributed by atoms with van der Waals surface area (Å²) in [6.07, 6.45) is 4.73. The van der Waals surface area contributed by atoms with Gasteiger partial charge in [-0.25, -0.2) is 4.79 Å². The average molecular weight is 403 g/mol. The third-order valence-corrected chi connectivity index (χ3v) is 5.43. The number of piperidine rings is 1. The van der Waals surface area contributed by atoms with Gasteiger partial charge in [-0.05, 0) is 77.8 Å². The minimum absolute atomic E-state index is 0.199. The van der Waals surface area contributed by atoms with Gasteiger partial charge < -0.3 is 18.9 Å². The second-order valence-electron chi connectivity index (χ2n) is 8.99. The lowest BCUT2D eigenvalue weighted by Crippen LogP contribution is -2.41. The van der Waals surface area contributed by atoms with Crippen molar-refractivity contribution < 1.29 is 18.8 Å². The number of fused-ring (bicyclic) bond motifs is 1. The van der Waals surface area contributed by atoms with Gasteiger partial charge in [0.1, 0.15) is 11.4 Å². The fourth-order valence-corrected chi connectivity index (χ4v) is 3.79. The topological polar surface area (TPSA) is 64.8 Å². The number of nitrogens with zero attached hydrogens (tertiary/aromatic N) is 2. The van der Waals surface area contributed by atoms with Crippen LogP contribution in [0, 0.1) is 12.8 Å². The molecular formula is C23H34N2O4. The molecule has 6 heteroatoms. The van der Waals surface area contributed by atoms with E-state index in [4.69, 9.17) is 14.0 Å². The van der Waals surface area contributed by atoms with E-state index in [1.165, 1.54) is 0 Å². The molecule has 29 heavy (non-hydrogen) atoms. The Labute approximate surface area is 173 Å². The van der Waals surface area contributed by atoms with Crippen LogP contribution < -0.4 is 4.74 Å². The molecule has 1 fully saturated rings. The fourth-order valence-electron chi connectivity index (χ4n) is 3.79. The molecule has 0 saturated carbocycles. The minimum Gasteiger partial charge on any atom is -0.493 e. The first kappa shape index (κ1) is 21.5. The Morgan fingerprint density at radius 2 is 2.00 bits per heavy atom. The van der Waals surface area contributed by atoms with Crippen LogP contribution in [0.2, 0.25) is 0 Å². The number of likely N-dealkylation sites (tertiary alicyclic amines) is 1. The summed E-state index contributed by atoms with van der Waals surface area (Å²) >= 11 is 0. The normalized spacial score (nSPS) is 15.7. The van der Waals surface area contributed by atoms with Gasteiger partial charge in [0.2, 0.25) is 0 Å². The molecular weight excluding hydrogens is 368 g/mol. The predicted molar refractivity (Wildman–Crippen MR) is 113 cm³/mol. The van der Waals surface area contributed by atoms with Gasteiger partial charge in [0.15, 0.2) is 5.58 Å². The van der Waals surface area contributed by atoms with Crippen LogP contribution in [0.1, 0.15) is 64.6 Å². The van der Waals surface area contributed by atoms with Gasteiger partial charge in [0.05, 0.1) is 12.3 Å². The highest BCUT2D eigenvalue weighted by Crippen LogP contribution is 2.31. The number of amides is 1. The van der Waals surface area contributed by atoms with Gasteiger partial charge in [0, 0.05) is 24.0 Å². The van der Waals surface area contributed by atoms with Crippen LogP contribution in [0.3, 0.4) is 0 Å². The van der Waals surface area contributed by atoms with Crippen LogP contribution in [0.5, 0.6) is 5.75 Å². The summed E-state index contributed by atoms with van der Waals surface area (Å²) < 4.78 is 16.9. The molecule has 1 aliphatic rings. The second kappa shape index (κ2) is 9.06. The predicted octanol–water partition coefficient (Wildman–Crippen LogP) is 5.50. The maximum atomic E-state index is 12.2. The van der Waals surface area contributed by atoms with Crippen molar-refractivity contribution in [1.29, 1.82) is 0 Å². The summed E-state index contributed by atoms with van der Waals surface area (Å²) in [4.78, 5) is 14.0. The number of ether oxygens (including phenoxy) is 2. The summed E-state index contributed by atoms with van der Waals surface area (Å²) in [6, 6.07) is 4.08. The van der Waals surface area contributed by atoms with Crippen molar-refractivity contribution in [3.05, 3.63) is 23.4 Å². The lowest BCUT2D eigenvalue weighted by Gasteiger charge is -2.33. The number of aromatic nitrogens is 1. The first-order valence-electron chi connectivity index (χ1n) is 10.8. The first-order chi connectivity index (χ1) is 13.8. The third-order valence-electron chi connectivity index (χ3n) is 5.43. The Morgan fingerprint density at radius 3 is 2.66 bits per heavy atom. The average Bonchev–Trinajstić information content (AvgIpc) is 3.09. The van der Waals surface area contributed by atoms with Crippen LogP contribution >= 0.6 is 0 Å². The first-order valence-corrected chi connectivity index (χ1v) is 10.8. The van der Waals surface area contributed by atoms with Gasteiger partial charge >= 0.3 is 6.09 Å². The van der Waals surface area contributed by atoms with Crippen molar-refractivity contribution in [2.24, 2.45) is 5.92 Å². The van der Waals surface area contributed by atoms with Crippen LogP contribution in [-0.2, 0) is 11.2 Å². The molecule has 2 aromatic rings. The van der Waals surface area contributed by atoms with Crippen molar-refractivity contribution in [3.63, 3.8) is 0 Å². The number of carbonyl (C=O) groups is 1. The molecule has 0 aliphatic carbocycles. The molecule has 6 nitrogen and oxygen atoms in total. The fraction of sp³-hybridized carbons (Fsp3) is 0.652. The number of aryl methyl sites for hydroxylation is 2. The number of hydrogen-bond acceptors (Lipinski definition) is 5.